The summed E-state index contributed by atoms with van der Waals surface area (Å²) in [6.45, 7) is 1.94. The van der Waals surface area contributed by atoms with Crippen LogP contribution in [0.5, 0.6) is 11.5 Å². The van der Waals surface area contributed by atoms with Crippen molar-refractivity contribution in [2.45, 2.75) is 6.92 Å². The summed E-state index contributed by atoms with van der Waals surface area (Å²) in [5.41, 5.74) is 2.43. The molecule has 1 heterocycles. The summed E-state index contributed by atoms with van der Waals surface area (Å²) >= 11 is 6.05. The Morgan fingerprint density at radius 1 is 1.00 bits per heavy atom. The summed E-state index contributed by atoms with van der Waals surface area (Å²) in [5.74, 6) is 2.23. The molecule has 3 aromatic rings. The second kappa shape index (κ2) is 6.30. The van der Waals surface area contributed by atoms with Gasteiger partial charge in [-0.2, -0.15) is 4.98 Å². The highest BCUT2D eigenvalue weighted by Gasteiger charge is 2.17. The number of hydrogen-bond donors (Lipinski definition) is 0. The van der Waals surface area contributed by atoms with Crippen LogP contribution in [0.3, 0.4) is 0 Å². The molecule has 2 aromatic carbocycles. The van der Waals surface area contributed by atoms with Crippen LogP contribution in [0.1, 0.15) is 5.56 Å². The van der Waals surface area contributed by atoms with Gasteiger partial charge in [0.05, 0.1) is 19.8 Å². The lowest BCUT2D eigenvalue weighted by Gasteiger charge is -2.06. The Bertz CT molecular complexity index is 846. The molecule has 0 aliphatic heterocycles. The van der Waals surface area contributed by atoms with Crippen LogP contribution in [0.15, 0.2) is 40.9 Å². The molecule has 0 unspecified atom stereocenters. The summed E-state index contributed by atoms with van der Waals surface area (Å²) in [6, 6.07) is 10.9. The Hall–Kier alpha value is -2.53. The largest absolute Gasteiger partial charge is 0.496 e. The average molecular weight is 331 g/mol. The fourth-order valence-electron chi connectivity index (χ4n) is 2.36. The number of hydrogen-bond acceptors (Lipinski definition) is 5. The topological polar surface area (TPSA) is 57.4 Å². The van der Waals surface area contributed by atoms with E-state index in [1.54, 1.807) is 32.4 Å². The first-order valence-corrected chi connectivity index (χ1v) is 7.33. The van der Waals surface area contributed by atoms with Crippen LogP contribution in [0.2, 0.25) is 5.02 Å². The molecule has 0 N–H and O–H groups in total. The Balaban J connectivity index is 2.07. The molecule has 5 nitrogen and oxygen atoms in total. The minimum absolute atomic E-state index is 0.415. The van der Waals surface area contributed by atoms with E-state index in [1.807, 2.05) is 25.1 Å². The number of rotatable bonds is 4. The van der Waals surface area contributed by atoms with Gasteiger partial charge in [-0.3, -0.25) is 0 Å². The second-order valence-corrected chi connectivity index (χ2v) is 5.34. The lowest BCUT2D eigenvalue weighted by Crippen LogP contribution is -1.91. The van der Waals surface area contributed by atoms with E-state index in [-0.39, 0.29) is 0 Å². The molecule has 3 rings (SSSR count). The molecule has 0 aliphatic carbocycles. The van der Waals surface area contributed by atoms with E-state index >= 15 is 0 Å². The van der Waals surface area contributed by atoms with Crippen molar-refractivity contribution in [3.8, 4) is 34.3 Å². The van der Waals surface area contributed by atoms with E-state index in [2.05, 4.69) is 10.1 Å². The summed E-state index contributed by atoms with van der Waals surface area (Å²) in [5, 5.41) is 4.62. The van der Waals surface area contributed by atoms with Crippen LogP contribution in [-0.2, 0) is 0 Å². The van der Waals surface area contributed by atoms with Gasteiger partial charge >= 0.3 is 0 Å². The standard InChI is InChI=1S/C17H15ClN2O3/c1-10-12(5-4-6-14(10)21-2)17-19-16(20-23-17)13-9-11(18)7-8-15(13)22-3/h4-9H,1-3H3. The SMILES string of the molecule is COc1ccc(Cl)cc1-c1noc(-c2cccc(OC)c2C)n1. The van der Waals surface area contributed by atoms with Crippen molar-refractivity contribution >= 4 is 11.6 Å². The van der Waals surface area contributed by atoms with Crippen molar-refractivity contribution in [2.24, 2.45) is 0 Å². The summed E-state index contributed by atoms with van der Waals surface area (Å²) in [7, 11) is 3.21. The highest BCUT2D eigenvalue weighted by atomic mass is 35.5. The normalized spacial score (nSPS) is 10.6. The Labute approximate surface area is 138 Å². The number of halogens is 1. The number of nitrogens with zero attached hydrogens (tertiary/aromatic N) is 2. The van der Waals surface area contributed by atoms with Gasteiger partial charge in [0.1, 0.15) is 11.5 Å². The zero-order chi connectivity index (χ0) is 16.4. The third-order valence-electron chi connectivity index (χ3n) is 3.56. The molecule has 0 radical (unpaired) electrons. The zero-order valence-corrected chi connectivity index (χ0v) is 13.7. The van der Waals surface area contributed by atoms with Crippen LogP contribution in [-0.4, -0.2) is 24.4 Å². The molecular formula is C17H15ClN2O3. The third-order valence-corrected chi connectivity index (χ3v) is 3.80. The highest BCUT2D eigenvalue weighted by molar-refractivity contribution is 6.30. The third kappa shape index (κ3) is 2.87. The van der Waals surface area contributed by atoms with Gasteiger partial charge in [-0.25, -0.2) is 0 Å². The molecule has 0 saturated heterocycles. The van der Waals surface area contributed by atoms with Crippen molar-refractivity contribution in [2.75, 3.05) is 14.2 Å². The predicted octanol–water partition coefficient (Wildman–Crippen LogP) is 4.38. The van der Waals surface area contributed by atoms with Gasteiger partial charge in [0, 0.05) is 16.1 Å². The van der Waals surface area contributed by atoms with E-state index in [9.17, 15) is 0 Å². The van der Waals surface area contributed by atoms with Gasteiger partial charge in [-0.15, -0.1) is 0 Å². The predicted molar refractivity (Wildman–Crippen MR) is 88.0 cm³/mol. The molecule has 1 aromatic heterocycles. The van der Waals surface area contributed by atoms with E-state index in [0.717, 1.165) is 16.9 Å². The molecule has 6 heteroatoms. The summed E-state index contributed by atoms with van der Waals surface area (Å²) < 4.78 is 16.1. The first-order chi connectivity index (χ1) is 11.1. The maximum absolute atomic E-state index is 6.05. The highest BCUT2D eigenvalue weighted by Crippen LogP contribution is 2.34. The van der Waals surface area contributed by atoms with E-state index < -0.39 is 0 Å². The van der Waals surface area contributed by atoms with Crippen LogP contribution in [0, 0.1) is 6.92 Å². The smallest absolute Gasteiger partial charge is 0.258 e. The van der Waals surface area contributed by atoms with Crippen LogP contribution >= 0.6 is 11.6 Å². The summed E-state index contributed by atoms with van der Waals surface area (Å²) in [6.07, 6.45) is 0. The monoisotopic (exact) mass is 330 g/mol. The minimum atomic E-state index is 0.415. The van der Waals surface area contributed by atoms with Gasteiger partial charge in [0.2, 0.25) is 5.82 Å². The minimum Gasteiger partial charge on any atom is -0.496 e. The molecule has 0 saturated carbocycles. The van der Waals surface area contributed by atoms with E-state index in [1.165, 1.54) is 0 Å². The summed E-state index contributed by atoms with van der Waals surface area (Å²) in [4.78, 5) is 4.46. The quantitative estimate of drug-likeness (QED) is 0.710. The molecule has 0 fully saturated rings. The molecule has 0 amide bonds. The van der Waals surface area contributed by atoms with Crippen molar-refractivity contribution in [1.82, 2.24) is 10.1 Å². The first kappa shape index (κ1) is 15.4. The van der Waals surface area contributed by atoms with Gasteiger partial charge in [-0.1, -0.05) is 22.8 Å². The lowest BCUT2D eigenvalue weighted by atomic mass is 10.1. The number of ether oxygens (including phenoxy) is 2. The van der Waals surface area contributed by atoms with Gasteiger partial charge < -0.3 is 14.0 Å². The van der Waals surface area contributed by atoms with Crippen LogP contribution in [0.4, 0.5) is 0 Å². The number of methoxy groups -OCH3 is 2. The van der Waals surface area contributed by atoms with E-state index in [4.69, 9.17) is 25.6 Å². The van der Waals surface area contributed by atoms with Crippen molar-refractivity contribution in [3.05, 3.63) is 47.0 Å². The van der Waals surface area contributed by atoms with Gasteiger partial charge in [0.15, 0.2) is 0 Å². The molecule has 23 heavy (non-hydrogen) atoms. The second-order valence-electron chi connectivity index (χ2n) is 4.90. The van der Waals surface area contributed by atoms with Crippen LogP contribution in [0.25, 0.3) is 22.8 Å². The number of benzene rings is 2. The Morgan fingerprint density at radius 2 is 1.78 bits per heavy atom. The first-order valence-electron chi connectivity index (χ1n) is 6.95. The Kier molecular flexibility index (Phi) is 4.21. The zero-order valence-electron chi connectivity index (χ0n) is 13.0. The van der Waals surface area contributed by atoms with Crippen molar-refractivity contribution < 1.29 is 14.0 Å². The number of aromatic nitrogens is 2. The molecule has 0 spiro atoms. The molecule has 0 aliphatic rings. The Morgan fingerprint density at radius 3 is 2.52 bits per heavy atom. The maximum atomic E-state index is 6.05. The fraction of sp³-hybridized carbons (Fsp3) is 0.176. The average Bonchev–Trinajstić information content (AvgIpc) is 3.04. The van der Waals surface area contributed by atoms with Crippen molar-refractivity contribution in [1.29, 1.82) is 0 Å². The maximum Gasteiger partial charge on any atom is 0.258 e. The van der Waals surface area contributed by atoms with Crippen molar-refractivity contribution in [3.63, 3.8) is 0 Å². The van der Waals surface area contributed by atoms with Gasteiger partial charge in [0.25, 0.3) is 5.89 Å². The van der Waals surface area contributed by atoms with Gasteiger partial charge in [-0.05, 0) is 37.3 Å². The molecular weight excluding hydrogens is 316 g/mol. The fourth-order valence-corrected chi connectivity index (χ4v) is 2.54. The lowest BCUT2D eigenvalue weighted by molar-refractivity contribution is 0.409. The molecule has 0 bridgehead atoms. The molecule has 118 valence electrons. The molecule has 0 atom stereocenters. The van der Waals surface area contributed by atoms with E-state index in [0.29, 0.717) is 28.1 Å². The van der Waals surface area contributed by atoms with Crippen LogP contribution < -0.4 is 9.47 Å².